The maximum atomic E-state index is 6.12. The van der Waals surface area contributed by atoms with Crippen LogP contribution < -0.4 is 10.5 Å². The average molecular weight is 290 g/mol. The van der Waals surface area contributed by atoms with Crippen LogP contribution in [0.2, 0.25) is 0 Å². The smallest absolute Gasteiger partial charge is 0.122 e. The molecule has 1 aliphatic rings. The lowest BCUT2D eigenvalue weighted by molar-refractivity contribution is 0.154. The molecule has 1 aromatic rings. The lowest BCUT2D eigenvalue weighted by Crippen LogP contribution is -2.39. The fourth-order valence-corrected chi connectivity index (χ4v) is 3.20. The highest BCUT2D eigenvalue weighted by molar-refractivity contribution is 5.41. The Labute approximate surface area is 129 Å². The lowest BCUT2D eigenvalue weighted by Gasteiger charge is -2.35. The van der Waals surface area contributed by atoms with Crippen molar-refractivity contribution in [2.75, 3.05) is 19.7 Å². The minimum atomic E-state index is 0.313. The molecule has 0 fully saturated rings. The molecule has 0 radical (unpaired) electrons. The van der Waals surface area contributed by atoms with Crippen molar-refractivity contribution in [2.24, 2.45) is 5.73 Å². The SMILES string of the molecule is CCCCCN(C(C)C)C(CN)c1ccc2c(c1)CCO2. The molecule has 0 spiro atoms. The Morgan fingerprint density at radius 2 is 2.10 bits per heavy atom. The van der Waals surface area contributed by atoms with Crippen LogP contribution in [-0.2, 0) is 6.42 Å². The summed E-state index contributed by atoms with van der Waals surface area (Å²) in [6, 6.07) is 7.43. The Morgan fingerprint density at radius 1 is 1.29 bits per heavy atom. The second-order valence-corrected chi connectivity index (χ2v) is 6.26. The molecule has 0 aliphatic carbocycles. The monoisotopic (exact) mass is 290 g/mol. The van der Waals surface area contributed by atoms with E-state index in [9.17, 15) is 0 Å². The standard InChI is InChI=1S/C18H30N2O/c1-4-5-6-10-20(14(2)3)17(13-19)15-7-8-18-16(12-15)9-11-21-18/h7-8,12,14,17H,4-6,9-11,13,19H2,1-3H3. The molecule has 3 heteroatoms. The summed E-state index contributed by atoms with van der Waals surface area (Å²) in [6.07, 6.45) is 4.82. The third-order valence-corrected chi connectivity index (χ3v) is 4.41. The van der Waals surface area contributed by atoms with Gasteiger partial charge in [0.1, 0.15) is 5.75 Å². The van der Waals surface area contributed by atoms with Crippen molar-refractivity contribution < 1.29 is 4.74 Å². The van der Waals surface area contributed by atoms with Crippen LogP contribution in [0.4, 0.5) is 0 Å². The van der Waals surface area contributed by atoms with Crippen molar-refractivity contribution in [1.29, 1.82) is 0 Å². The average Bonchev–Trinajstić information content (AvgIpc) is 2.94. The van der Waals surface area contributed by atoms with E-state index in [2.05, 4.69) is 43.9 Å². The summed E-state index contributed by atoms with van der Waals surface area (Å²) in [5.74, 6) is 1.05. The van der Waals surface area contributed by atoms with Crippen LogP contribution in [0.3, 0.4) is 0 Å². The van der Waals surface area contributed by atoms with Crippen LogP contribution in [-0.4, -0.2) is 30.6 Å². The van der Waals surface area contributed by atoms with Gasteiger partial charge in [0.05, 0.1) is 6.61 Å². The van der Waals surface area contributed by atoms with Gasteiger partial charge in [-0.1, -0.05) is 31.9 Å². The quantitative estimate of drug-likeness (QED) is 0.744. The highest BCUT2D eigenvalue weighted by Crippen LogP contribution is 2.30. The minimum Gasteiger partial charge on any atom is -0.493 e. The molecule has 0 bridgehead atoms. The van der Waals surface area contributed by atoms with Crippen molar-refractivity contribution >= 4 is 0 Å². The van der Waals surface area contributed by atoms with Gasteiger partial charge in [0.25, 0.3) is 0 Å². The van der Waals surface area contributed by atoms with Gasteiger partial charge in [0.15, 0.2) is 0 Å². The molecule has 1 atom stereocenters. The molecule has 0 amide bonds. The Hall–Kier alpha value is -1.06. The first kappa shape index (κ1) is 16.3. The largest absolute Gasteiger partial charge is 0.493 e. The summed E-state index contributed by atoms with van der Waals surface area (Å²) in [5.41, 5.74) is 8.80. The summed E-state index contributed by atoms with van der Waals surface area (Å²) in [7, 11) is 0. The first-order chi connectivity index (χ1) is 10.2. The second-order valence-electron chi connectivity index (χ2n) is 6.26. The molecule has 0 saturated carbocycles. The molecular formula is C18H30N2O. The molecule has 2 rings (SSSR count). The summed E-state index contributed by atoms with van der Waals surface area (Å²) < 4.78 is 5.61. The molecule has 0 saturated heterocycles. The summed E-state index contributed by atoms with van der Waals surface area (Å²) in [6.45, 7) is 9.40. The van der Waals surface area contributed by atoms with E-state index in [1.807, 2.05) is 0 Å². The fourth-order valence-electron chi connectivity index (χ4n) is 3.20. The number of ether oxygens (including phenoxy) is 1. The van der Waals surface area contributed by atoms with Crippen molar-refractivity contribution in [1.82, 2.24) is 4.90 Å². The number of fused-ring (bicyclic) bond motifs is 1. The zero-order valence-electron chi connectivity index (χ0n) is 13.8. The van der Waals surface area contributed by atoms with Crippen LogP contribution in [0.15, 0.2) is 18.2 Å². The number of rotatable bonds is 8. The Balaban J connectivity index is 2.15. The first-order valence-corrected chi connectivity index (χ1v) is 8.38. The van der Waals surface area contributed by atoms with Gasteiger partial charge in [0, 0.05) is 25.0 Å². The number of benzene rings is 1. The topological polar surface area (TPSA) is 38.5 Å². The number of unbranched alkanes of at least 4 members (excludes halogenated alkanes) is 2. The molecule has 3 nitrogen and oxygen atoms in total. The van der Waals surface area contributed by atoms with Crippen LogP contribution in [0, 0.1) is 0 Å². The molecule has 2 N–H and O–H groups in total. The van der Waals surface area contributed by atoms with Gasteiger partial charge >= 0.3 is 0 Å². The van der Waals surface area contributed by atoms with E-state index in [1.54, 1.807) is 0 Å². The van der Waals surface area contributed by atoms with Crippen LogP contribution in [0.1, 0.15) is 57.2 Å². The molecule has 1 aromatic carbocycles. The second kappa shape index (κ2) is 7.81. The molecular weight excluding hydrogens is 260 g/mol. The van der Waals surface area contributed by atoms with E-state index < -0.39 is 0 Å². The van der Waals surface area contributed by atoms with E-state index in [-0.39, 0.29) is 0 Å². The zero-order chi connectivity index (χ0) is 15.2. The Morgan fingerprint density at radius 3 is 2.76 bits per heavy atom. The van der Waals surface area contributed by atoms with Crippen molar-refractivity contribution in [2.45, 2.75) is 58.5 Å². The van der Waals surface area contributed by atoms with Gasteiger partial charge in [0.2, 0.25) is 0 Å². The fraction of sp³-hybridized carbons (Fsp3) is 0.667. The first-order valence-electron chi connectivity index (χ1n) is 8.38. The summed E-state index contributed by atoms with van der Waals surface area (Å²) in [4.78, 5) is 2.55. The maximum Gasteiger partial charge on any atom is 0.122 e. The van der Waals surface area contributed by atoms with Gasteiger partial charge < -0.3 is 10.5 Å². The van der Waals surface area contributed by atoms with E-state index >= 15 is 0 Å². The molecule has 118 valence electrons. The van der Waals surface area contributed by atoms with E-state index in [0.29, 0.717) is 18.6 Å². The molecule has 1 aliphatic heterocycles. The van der Waals surface area contributed by atoms with E-state index in [0.717, 1.165) is 25.3 Å². The summed E-state index contributed by atoms with van der Waals surface area (Å²) >= 11 is 0. The van der Waals surface area contributed by atoms with Gasteiger partial charge in [-0.3, -0.25) is 4.90 Å². The lowest BCUT2D eigenvalue weighted by atomic mass is 9.99. The van der Waals surface area contributed by atoms with Crippen LogP contribution >= 0.6 is 0 Å². The van der Waals surface area contributed by atoms with Gasteiger partial charge in [-0.25, -0.2) is 0 Å². The third kappa shape index (κ3) is 3.98. The van der Waals surface area contributed by atoms with Gasteiger partial charge in [-0.2, -0.15) is 0 Å². The highest BCUT2D eigenvalue weighted by atomic mass is 16.5. The predicted molar refractivity (Wildman–Crippen MR) is 88.8 cm³/mol. The van der Waals surface area contributed by atoms with Crippen molar-refractivity contribution in [3.05, 3.63) is 29.3 Å². The van der Waals surface area contributed by atoms with Crippen LogP contribution in [0.5, 0.6) is 5.75 Å². The number of nitrogens with two attached hydrogens (primary N) is 1. The normalized spacial score (nSPS) is 15.3. The molecule has 0 aromatic heterocycles. The third-order valence-electron chi connectivity index (χ3n) is 4.41. The summed E-state index contributed by atoms with van der Waals surface area (Å²) in [5, 5.41) is 0. The molecule has 1 unspecified atom stereocenters. The van der Waals surface area contributed by atoms with Crippen molar-refractivity contribution in [3.63, 3.8) is 0 Å². The van der Waals surface area contributed by atoms with E-state index in [4.69, 9.17) is 10.5 Å². The minimum absolute atomic E-state index is 0.313. The van der Waals surface area contributed by atoms with Crippen LogP contribution in [0.25, 0.3) is 0 Å². The zero-order valence-corrected chi connectivity index (χ0v) is 13.8. The van der Waals surface area contributed by atoms with E-state index in [1.165, 1.54) is 30.4 Å². The molecule has 1 heterocycles. The Kier molecular flexibility index (Phi) is 6.07. The van der Waals surface area contributed by atoms with Gasteiger partial charge in [-0.15, -0.1) is 0 Å². The molecule has 21 heavy (non-hydrogen) atoms. The number of hydrogen-bond acceptors (Lipinski definition) is 3. The maximum absolute atomic E-state index is 6.12. The Bertz CT molecular complexity index is 445. The number of nitrogens with zero attached hydrogens (tertiary/aromatic N) is 1. The number of hydrogen-bond donors (Lipinski definition) is 1. The highest BCUT2D eigenvalue weighted by Gasteiger charge is 2.23. The van der Waals surface area contributed by atoms with Gasteiger partial charge in [-0.05, 0) is 44.0 Å². The predicted octanol–water partition coefficient (Wildman–Crippen LogP) is 3.52. The van der Waals surface area contributed by atoms with Crippen molar-refractivity contribution in [3.8, 4) is 5.75 Å².